The summed E-state index contributed by atoms with van der Waals surface area (Å²) in [7, 11) is 1.65. The summed E-state index contributed by atoms with van der Waals surface area (Å²) in [6.45, 7) is 1.17. The maximum absolute atomic E-state index is 13.7. The molecule has 2 N–H and O–H groups in total. The van der Waals surface area contributed by atoms with Gasteiger partial charge in [0.2, 0.25) is 5.91 Å². The molecule has 1 aromatic rings. The van der Waals surface area contributed by atoms with E-state index >= 15 is 0 Å². The lowest BCUT2D eigenvalue weighted by molar-refractivity contribution is -0.139. The Morgan fingerprint density at radius 1 is 1.50 bits per heavy atom. The molecule has 1 aliphatic rings. The Balaban J connectivity index is 2.09. The van der Waals surface area contributed by atoms with E-state index in [0.29, 0.717) is 31.6 Å². The minimum Gasteiger partial charge on any atom is -0.381 e. The van der Waals surface area contributed by atoms with Crippen molar-refractivity contribution < 1.29 is 13.9 Å². The number of hydrogen-bond acceptors (Lipinski definition) is 3. The average Bonchev–Trinajstić information content (AvgIpc) is 2.43. The first-order chi connectivity index (χ1) is 9.42. The van der Waals surface area contributed by atoms with E-state index in [2.05, 4.69) is 15.9 Å². The topological polar surface area (TPSA) is 55.6 Å². The highest BCUT2D eigenvalue weighted by atomic mass is 79.9. The highest BCUT2D eigenvalue weighted by Gasteiger charge is 2.37. The van der Waals surface area contributed by atoms with Gasteiger partial charge in [-0.05, 0) is 31.0 Å². The predicted molar refractivity (Wildman–Crippen MR) is 77.5 cm³/mol. The SMILES string of the molecule is CN(Cc1cc(Br)ccc1F)C(=O)C1(N)CCOCC1. The second-order valence-electron chi connectivity index (χ2n) is 5.17. The zero-order valence-electron chi connectivity index (χ0n) is 11.4. The van der Waals surface area contributed by atoms with Gasteiger partial charge >= 0.3 is 0 Å². The number of nitrogens with zero attached hydrogens (tertiary/aromatic N) is 1. The van der Waals surface area contributed by atoms with Crippen LogP contribution in [0.4, 0.5) is 4.39 Å². The Bertz CT molecular complexity index is 504. The fourth-order valence-electron chi connectivity index (χ4n) is 2.32. The lowest BCUT2D eigenvalue weighted by atomic mass is 9.89. The van der Waals surface area contributed by atoms with Crippen molar-refractivity contribution in [2.45, 2.75) is 24.9 Å². The number of carbonyl (C=O) groups excluding carboxylic acids is 1. The normalized spacial score (nSPS) is 17.8. The molecule has 0 aliphatic carbocycles. The first-order valence-electron chi connectivity index (χ1n) is 6.48. The molecule has 20 heavy (non-hydrogen) atoms. The van der Waals surface area contributed by atoms with Crippen LogP contribution in [0.1, 0.15) is 18.4 Å². The number of ether oxygens (including phenoxy) is 1. The van der Waals surface area contributed by atoms with Gasteiger partial charge < -0.3 is 15.4 Å². The Labute approximate surface area is 126 Å². The minimum atomic E-state index is -0.893. The summed E-state index contributed by atoms with van der Waals surface area (Å²) in [5.41, 5.74) is 5.72. The van der Waals surface area contributed by atoms with Crippen molar-refractivity contribution in [3.05, 3.63) is 34.1 Å². The van der Waals surface area contributed by atoms with Crippen LogP contribution in [-0.4, -0.2) is 36.6 Å². The van der Waals surface area contributed by atoms with Crippen LogP contribution in [0.3, 0.4) is 0 Å². The molecule has 1 heterocycles. The van der Waals surface area contributed by atoms with Crippen LogP contribution < -0.4 is 5.73 Å². The van der Waals surface area contributed by atoms with E-state index in [1.54, 1.807) is 19.2 Å². The lowest BCUT2D eigenvalue weighted by Gasteiger charge is -2.35. The van der Waals surface area contributed by atoms with Gasteiger partial charge in [-0.3, -0.25) is 4.79 Å². The second-order valence-corrected chi connectivity index (χ2v) is 6.08. The van der Waals surface area contributed by atoms with Crippen LogP contribution in [0.5, 0.6) is 0 Å². The molecule has 1 aliphatic heterocycles. The smallest absolute Gasteiger partial charge is 0.242 e. The fraction of sp³-hybridized carbons (Fsp3) is 0.500. The van der Waals surface area contributed by atoms with Gasteiger partial charge in [0.1, 0.15) is 5.82 Å². The predicted octanol–water partition coefficient (Wildman–Crippen LogP) is 2.05. The number of benzene rings is 1. The fourth-order valence-corrected chi connectivity index (χ4v) is 2.73. The van der Waals surface area contributed by atoms with E-state index < -0.39 is 5.54 Å². The molecule has 1 amide bonds. The number of rotatable bonds is 3. The van der Waals surface area contributed by atoms with E-state index in [0.717, 1.165) is 4.47 Å². The van der Waals surface area contributed by atoms with Gasteiger partial charge in [-0.1, -0.05) is 15.9 Å². The number of amides is 1. The number of carbonyl (C=O) groups is 1. The van der Waals surface area contributed by atoms with Gasteiger partial charge in [-0.15, -0.1) is 0 Å². The maximum atomic E-state index is 13.7. The zero-order chi connectivity index (χ0) is 14.8. The van der Waals surface area contributed by atoms with Crippen molar-refractivity contribution in [1.82, 2.24) is 4.90 Å². The van der Waals surface area contributed by atoms with Crippen molar-refractivity contribution in [3.8, 4) is 0 Å². The van der Waals surface area contributed by atoms with Crippen LogP contribution in [0, 0.1) is 5.82 Å². The van der Waals surface area contributed by atoms with Gasteiger partial charge in [0, 0.05) is 36.8 Å². The van der Waals surface area contributed by atoms with Crippen molar-refractivity contribution in [3.63, 3.8) is 0 Å². The van der Waals surface area contributed by atoms with Crippen LogP contribution >= 0.6 is 15.9 Å². The highest BCUT2D eigenvalue weighted by Crippen LogP contribution is 2.22. The summed E-state index contributed by atoms with van der Waals surface area (Å²) >= 11 is 3.30. The van der Waals surface area contributed by atoms with E-state index in [1.807, 2.05) is 0 Å². The summed E-state index contributed by atoms with van der Waals surface area (Å²) in [6, 6.07) is 4.68. The molecule has 2 rings (SSSR count). The molecule has 4 nitrogen and oxygen atoms in total. The molecule has 1 aromatic carbocycles. The summed E-state index contributed by atoms with van der Waals surface area (Å²) in [5, 5.41) is 0. The molecule has 0 saturated carbocycles. The maximum Gasteiger partial charge on any atom is 0.242 e. The van der Waals surface area contributed by atoms with Crippen molar-refractivity contribution in [2.75, 3.05) is 20.3 Å². The molecule has 110 valence electrons. The monoisotopic (exact) mass is 344 g/mol. The van der Waals surface area contributed by atoms with E-state index in [1.165, 1.54) is 11.0 Å². The first-order valence-corrected chi connectivity index (χ1v) is 7.28. The van der Waals surface area contributed by atoms with Crippen molar-refractivity contribution >= 4 is 21.8 Å². The largest absolute Gasteiger partial charge is 0.381 e. The van der Waals surface area contributed by atoms with E-state index in [4.69, 9.17) is 10.5 Å². The summed E-state index contributed by atoms with van der Waals surface area (Å²) in [5.74, 6) is -0.494. The van der Waals surface area contributed by atoms with Crippen LogP contribution in [0.15, 0.2) is 22.7 Å². The molecule has 6 heteroatoms. The van der Waals surface area contributed by atoms with Crippen molar-refractivity contribution in [2.24, 2.45) is 5.73 Å². The summed E-state index contributed by atoms with van der Waals surface area (Å²) in [6.07, 6.45) is 0.994. The molecule has 0 bridgehead atoms. The molecule has 0 atom stereocenters. The van der Waals surface area contributed by atoms with Crippen LogP contribution in [0.25, 0.3) is 0 Å². The van der Waals surface area contributed by atoms with Crippen molar-refractivity contribution in [1.29, 1.82) is 0 Å². The van der Waals surface area contributed by atoms with Crippen LogP contribution in [0.2, 0.25) is 0 Å². The van der Waals surface area contributed by atoms with Gasteiger partial charge in [0.15, 0.2) is 0 Å². The van der Waals surface area contributed by atoms with Gasteiger partial charge in [0.25, 0.3) is 0 Å². The summed E-state index contributed by atoms with van der Waals surface area (Å²) < 4.78 is 19.7. The molecular formula is C14H18BrFN2O2. The van der Waals surface area contributed by atoms with E-state index in [9.17, 15) is 9.18 Å². The number of likely N-dealkylation sites (N-methyl/N-ethyl adjacent to an activating group) is 1. The van der Waals surface area contributed by atoms with E-state index in [-0.39, 0.29) is 18.3 Å². The molecule has 0 unspecified atom stereocenters. The first kappa shape index (κ1) is 15.4. The summed E-state index contributed by atoms with van der Waals surface area (Å²) in [4.78, 5) is 13.9. The average molecular weight is 345 g/mol. The quantitative estimate of drug-likeness (QED) is 0.912. The van der Waals surface area contributed by atoms with Gasteiger partial charge in [-0.2, -0.15) is 0 Å². The van der Waals surface area contributed by atoms with Crippen LogP contribution in [-0.2, 0) is 16.1 Å². The molecule has 0 aromatic heterocycles. The molecular weight excluding hydrogens is 327 g/mol. The van der Waals surface area contributed by atoms with Gasteiger partial charge in [-0.25, -0.2) is 4.39 Å². The molecule has 0 radical (unpaired) electrons. The second kappa shape index (κ2) is 6.20. The van der Waals surface area contributed by atoms with Gasteiger partial charge in [0.05, 0.1) is 5.54 Å². The lowest BCUT2D eigenvalue weighted by Crippen LogP contribution is -2.57. The molecule has 1 fully saturated rings. The molecule has 0 spiro atoms. The minimum absolute atomic E-state index is 0.167. The third-order valence-electron chi connectivity index (χ3n) is 3.57. The number of nitrogens with two attached hydrogens (primary N) is 1. The Morgan fingerprint density at radius 2 is 2.15 bits per heavy atom. The Hall–Kier alpha value is -0.980. The molecule has 1 saturated heterocycles. The highest BCUT2D eigenvalue weighted by molar-refractivity contribution is 9.10. The Kier molecular flexibility index (Phi) is 4.78. The zero-order valence-corrected chi connectivity index (χ0v) is 13.0. The standard InChI is InChI=1S/C14H18BrFN2O2/c1-18(9-10-8-11(15)2-3-12(10)16)13(19)14(17)4-6-20-7-5-14/h2-3,8H,4-7,9,17H2,1H3. The Morgan fingerprint density at radius 3 is 2.80 bits per heavy atom. The third kappa shape index (κ3) is 3.37. The number of halogens is 2. The number of hydrogen-bond donors (Lipinski definition) is 1. The third-order valence-corrected chi connectivity index (χ3v) is 4.07.